The van der Waals surface area contributed by atoms with Gasteiger partial charge in [0.2, 0.25) is 0 Å². The van der Waals surface area contributed by atoms with Crippen LogP contribution in [0.4, 0.5) is 11.5 Å². The maximum atomic E-state index is 5.85. The monoisotopic (exact) mass is 280 g/mol. The number of pyridine rings is 1. The fourth-order valence-corrected chi connectivity index (χ4v) is 2.16. The van der Waals surface area contributed by atoms with Gasteiger partial charge in [0.25, 0.3) is 0 Å². The van der Waals surface area contributed by atoms with Gasteiger partial charge in [-0.25, -0.2) is 4.98 Å². The first-order valence-electron chi connectivity index (χ1n) is 6.36. The molecule has 0 fully saturated rings. The van der Waals surface area contributed by atoms with E-state index in [2.05, 4.69) is 28.5 Å². The van der Waals surface area contributed by atoms with Crippen molar-refractivity contribution in [3.05, 3.63) is 77.9 Å². The molecule has 0 saturated carbocycles. The highest BCUT2D eigenvalue weighted by molar-refractivity contribution is 6.30. The molecule has 0 aliphatic carbocycles. The van der Waals surface area contributed by atoms with E-state index in [1.807, 2.05) is 48.5 Å². The van der Waals surface area contributed by atoms with Crippen LogP contribution in [0.1, 0.15) is 0 Å². The second-order valence-corrected chi connectivity index (χ2v) is 4.83. The average Bonchev–Trinajstić information content (AvgIpc) is 2.51. The third kappa shape index (κ3) is 2.81. The van der Waals surface area contributed by atoms with E-state index in [9.17, 15) is 0 Å². The first-order chi connectivity index (χ1) is 9.83. The number of hydrogen-bond acceptors (Lipinski definition) is 2. The van der Waals surface area contributed by atoms with E-state index in [-0.39, 0.29) is 0 Å². The Morgan fingerprint density at radius 1 is 0.800 bits per heavy atom. The predicted octanol–water partition coefficient (Wildman–Crippen LogP) is 5.15. The lowest BCUT2D eigenvalue weighted by Gasteiger charge is -2.11. The molecule has 2 nitrogen and oxygen atoms in total. The number of rotatable bonds is 3. The molecule has 3 rings (SSSR count). The lowest BCUT2D eigenvalue weighted by atomic mass is 10.0. The number of para-hydroxylation sites is 1. The molecule has 0 amide bonds. The molecule has 0 spiro atoms. The number of hydrogen-bond donors (Lipinski definition) is 1. The zero-order chi connectivity index (χ0) is 13.8. The third-order valence-electron chi connectivity index (χ3n) is 3.00. The Bertz CT molecular complexity index is 694. The van der Waals surface area contributed by atoms with Crippen LogP contribution in [0.3, 0.4) is 0 Å². The normalized spacial score (nSPS) is 10.2. The van der Waals surface area contributed by atoms with Crippen molar-refractivity contribution in [2.45, 2.75) is 0 Å². The Hall–Kier alpha value is -2.32. The Morgan fingerprint density at radius 3 is 2.30 bits per heavy atom. The van der Waals surface area contributed by atoms with E-state index in [0.717, 1.165) is 17.1 Å². The molecular formula is C17H13ClN2. The molecule has 0 bridgehead atoms. The van der Waals surface area contributed by atoms with Crippen LogP contribution in [0.2, 0.25) is 5.02 Å². The van der Waals surface area contributed by atoms with Crippen LogP contribution < -0.4 is 5.32 Å². The van der Waals surface area contributed by atoms with Crippen molar-refractivity contribution in [1.29, 1.82) is 0 Å². The Labute approximate surface area is 123 Å². The Balaban J connectivity index is 1.96. The highest BCUT2D eigenvalue weighted by atomic mass is 35.5. The molecule has 0 atom stereocenters. The molecule has 0 radical (unpaired) electrons. The highest BCUT2D eigenvalue weighted by Crippen LogP contribution is 2.29. The molecule has 3 heteroatoms. The van der Waals surface area contributed by atoms with Crippen molar-refractivity contribution in [3.63, 3.8) is 0 Å². The Kier molecular flexibility index (Phi) is 3.66. The summed E-state index contributed by atoms with van der Waals surface area (Å²) in [5.74, 6) is 0.776. The van der Waals surface area contributed by atoms with E-state index in [4.69, 9.17) is 11.6 Å². The summed E-state index contributed by atoms with van der Waals surface area (Å²) in [6.07, 6.45) is 1.63. The van der Waals surface area contributed by atoms with Crippen molar-refractivity contribution >= 4 is 23.1 Å². The highest BCUT2D eigenvalue weighted by Gasteiger charge is 2.04. The van der Waals surface area contributed by atoms with Crippen LogP contribution in [0.25, 0.3) is 11.1 Å². The summed E-state index contributed by atoms with van der Waals surface area (Å²) < 4.78 is 0. The number of aromatic nitrogens is 1. The van der Waals surface area contributed by atoms with Gasteiger partial charge < -0.3 is 5.32 Å². The first-order valence-corrected chi connectivity index (χ1v) is 6.74. The summed E-state index contributed by atoms with van der Waals surface area (Å²) in [5, 5.41) is 3.96. The van der Waals surface area contributed by atoms with E-state index in [0.29, 0.717) is 5.02 Å². The molecule has 1 N–H and O–H groups in total. The van der Waals surface area contributed by atoms with Crippen molar-refractivity contribution < 1.29 is 0 Å². The van der Waals surface area contributed by atoms with Crippen LogP contribution in [0.5, 0.6) is 0 Å². The zero-order valence-corrected chi connectivity index (χ0v) is 11.5. The lowest BCUT2D eigenvalue weighted by Crippen LogP contribution is -1.95. The molecule has 20 heavy (non-hydrogen) atoms. The van der Waals surface area contributed by atoms with Crippen LogP contribution in [0, 0.1) is 0 Å². The van der Waals surface area contributed by atoms with Gasteiger partial charge >= 0.3 is 0 Å². The molecule has 2 aromatic carbocycles. The summed E-state index contributed by atoms with van der Waals surface area (Å²) in [4.78, 5) is 4.27. The summed E-state index contributed by atoms with van der Waals surface area (Å²) in [5.41, 5.74) is 3.34. The number of nitrogens with zero attached hydrogens (tertiary/aromatic N) is 1. The van der Waals surface area contributed by atoms with Crippen LogP contribution in [0.15, 0.2) is 72.9 Å². The largest absolute Gasteiger partial charge is 0.340 e. The second-order valence-electron chi connectivity index (χ2n) is 4.40. The molecule has 1 aromatic heterocycles. The van der Waals surface area contributed by atoms with Gasteiger partial charge in [-0.2, -0.15) is 0 Å². The van der Waals surface area contributed by atoms with Gasteiger partial charge in [0, 0.05) is 17.4 Å². The minimum Gasteiger partial charge on any atom is -0.340 e. The first kappa shape index (κ1) is 12.7. The van der Waals surface area contributed by atoms with Gasteiger partial charge in [0.15, 0.2) is 0 Å². The summed E-state index contributed by atoms with van der Waals surface area (Å²) >= 11 is 5.85. The third-order valence-corrected chi connectivity index (χ3v) is 3.23. The zero-order valence-electron chi connectivity index (χ0n) is 10.8. The van der Waals surface area contributed by atoms with Crippen LogP contribution >= 0.6 is 11.6 Å². The van der Waals surface area contributed by atoms with E-state index in [1.54, 1.807) is 6.20 Å². The maximum Gasteiger partial charge on any atom is 0.130 e. The standard InChI is InChI=1S/C17H13ClN2/c18-14-10-11-17(19-12-14)20-16-9-5-4-8-15(16)13-6-2-1-3-7-13/h1-12H,(H,19,20). The topological polar surface area (TPSA) is 24.9 Å². The number of anilines is 2. The molecule has 1 heterocycles. The summed E-state index contributed by atoms with van der Waals surface area (Å²) in [6, 6.07) is 22.1. The van der Waals surface area contributed by atoms with E-state index >= 15 is 0 Å². The van der Waals surface area contributed by atoms with Gasteiger partial charge in [-0.3, -0.25) is 0 Å². The second kappa shape index (κ2) is 5.76. The number of nitrogens with one attached hydrogen (secondary N) is 1. The summed E-state index contributed by atoms with van der Waals surface area (Å²) in [6.45, 7) is 0. The van der Waals surface area contributed by atoms with Gasteiger partial charge in [-0.15, -0.1) is 0 Å². The maximum absolute atomic E-state index is 5.85. The molecule has 0 aliphatic heterocycles. The summed E-state index contributed by atoms with van der Waals surface area (Å²) in [7, 11) is 0. The number of halogens is 1. The minimum atomic E-state index is 0.631. The molecule has 98 valence electrons. The van der Waals surface area contributed by atoms with Gasteiger partial charge in [-0.05, 0) is 23.8 Å². The molecular weight excluding hydrogens is 268 g/mol. The molecule has 3 aromatic rings. The van der Waals surface area contributed by atoms with Crippen molar-refractivity contribution in [2.75, 3.05) is 5.32 Å². The lowest BCUT2D eigenvalue weighted by molar-refractivity contribution is 1.31. The van der Waals surface area contributed by atoms with E-state index in [1.165, 1.54) is 5.56 Å². The Morgan fingerprint density at radius 2 is 1.55 bits per heavy atom. The molecule has 0 saturated heterocycles. The number of benzene rings is 2. The fourth-order valence-electron chi connectivity index (χ4n) is 2.05. The van der Waals surface area contributed by atoms with Crippen molar-refractivity contribution in [3.8, 4) is 11.1 Å². The fraction of sp³-hybridized carbons (Fsp3) is 0. The minimum absolute atomic E-state index is 0.631. The average molecular weight is 281 g/mol. The van der Waals surface area contributed by atoms with Crippen molar-refractivity contribution in [1.82, 2.24) is 4.98 Å². The SMILES string of the molecule is Clc1ccc(Nc2ccccc2-c2ccccc2)nc1. The van der Waals surface area contributed by atoms with Crippen molar-refractivity contribution in [2.24, 2.45) is 0 Å². The predicted molar refractivity (Wildman–Crippen MR) is 84.4 cm³/mol. The van der Waals surface area contributed by atoms with Gasteiger partial charge in [0.05, 0.1) is 5.02 Å². The smallest absolute Gasteiger partial charge is 0.130 e. The molecule has 0 unspecified atom stereocenters. The van der Waals surface area contributed by atoms with E-state index < -0.39 is 0 Å². The quantitative estimate of drug-likeness (QED) is 0.718. The van der Waals surface area contributed by atoms with Gasteiger partial charge in [0.1, 0.15) is 5.82 Å². The van der Waals surface area contributed by atoms with Gasteiger partial charge in [-0.1, -0.05) is 60.1 Å². The molecule has 0 aliphatic rings. The van der Waals surface area contributed by atoms with Crippen LogP contribution in [-0.2, 0) is 0 Å². The van der Waals surface area contributed by atoms with Crippen LogP contribution in [-0.4, -0.2) is 4.98 Å².